The van der Waals surface area contributed by atoms with E-state index in [1.807, 2.05) is 13.1 Å². The Labute approximate surface area is 167 Å². The second kappa shape index (κ2) is 8.87. The predicted molar refractivity (Wildman–Crippen MR) is 109 cm³/mol. The molecule has 0 aliphatic heterocycles. The topological polar surface area (TPSA) is 57.0 Å². The van der Waals surface area contributed by atoms with E-state index in [4.69, 9.17) is 16.3 Å². The van der Waals surface area contributed by atoms with E-state index >= 15 is 0 Å². The molecule has 5 nitrogen and oxygen atoms in total. The summed E-state index contributed by atoms with van der Waals surface area (Å²) >= 11 is 6.55. The molecule has 0 aliphatic carbocycles. The van der Waals surface area contributed by atoms with Gasteiger partial charge in [-0.2, -0.15) is 5.10 Å². The molecule has 0 radical (unpaired) electrons. The predicted octanol–water partition coefficient (Wildman–Crippen LogP) is 5.34. The Morgan fingerprint density at radius 1 is 1.26 bits per heavy atom. The number of hydrogen-bond acceptors (Lipinski definition) is 4. The highest BCUT2D eigenvalue weighted by Crippen LogP contribution is 2.34. The van der Waals surface area contributed by atoms with Gasteiger partial charge in [0.1, 0.15) is 5.02 Å². The maximum absolute atomic E-state index is 12.2. The second-order valence-electron chi connectivity index (χ2n) is 7.79. The molecule has 0 atom stereocenters. The molecule has 0 saturated heterocycles. The smallest absolute Gasteiger partial charge is 0.360 e. The van der Waals surface area contributed by atoms with Crippen LogP contribution in [0.15, 0.2) is 12.3 Å². The van der Waals surface area contributed by atoms with Crippen LogP contribution in [0.4, 0.5) is 0 Å². The molecule has 0 N–H and O–H groups in total. The molecular weight excluding hydrogens is 362 g/mol. The molecule has 0 fully saturated rings. The fourth-order valence-electron chi connectivity index (χ4n) is 2.95. The van der Waals surface area contributed by atoms with E-state index in [-0.39, 0.29) is 17.7 Å². The van der Waals surface area contributed by atoms with Crippen LogP contribution in [-0.4, -0.2) is 27.3 Å². The highest BCUT2D eigenvalue weighted by molar-refractivity contribution is 6.35. The van der Waals surface area contributed by atoms with E-state index in [0.717, 1.165) is 41.8 Å². The lowest BCUT2D eigenvalue weighted by Crippen LogP contribution is -2.08. The van der Waals surface area contributed by atoms with Crippen molar-refractivity contribution in [3.8, 4) is 11.3 Å². The third-order valence-electron chi connectivity index (χ3n) is 4.48. The quantitative estimate of drug-likeness (QED) is 0.598. The number of pyridine rings is 1. The Morgan fingerprint density at radius 3 is 2.52 bits per heavy atom. The Hall–Kier alpha value is -1.88. The van der Waals surface area contributed by atoms with Gasteiger partial charge in [0.2, 0.25) is 0 Å². The highest BCUT2D eigenvalue weighted by Gasteiger charge is 2.25. The minimum Gasteiger partial charge on any atom is -0.461 e. The van der Waals surface area contributed by atoms with E-state index in [0.29, 0.717) is 11.6 Å². The minimum absolute atomic E-state index is 0.161. The molecule has 2 aromatic rings. The van der Waals surface area contributed by atoms with Gasteiger partial charge in [0, 0.05) is 24.0 Å². The highest BCUT2D eigenvalue weighted by atomic mass is 35.5. The molecule has 0 aromatic carbocycles. The summed E-state index contributed by atoms with van der Waals surface area (Å²) in [5.41, 5.74) is 4.32. The number of carbonyl (C=O) groups excluding carboxylic acids is 1. The van der Waals surface area contributed by atoms with E-state index in [1.54, 1.807) is 11.6 Å². The van der Waals surface area contributed by atoms with Crippen molar-refractivity contribution in [3.05, 3.63) is 34.2 Å². The van der Waals surface area contributed by atoms with Crippen LogP contribution in [0.5, 0.6) is 0 Å². The van der Waals surface area contributed by atoms with Crippen molar-refractivity contribution in [1.82, 2.24) is 14.8 Å². The maximum Gasteiger partial charge on any atom is 0.360 e. The molecule has 2 aromatic heterocycles. The summed E-state index contributed by atoms with van der Waals surface area (Å²) in [5, 5.41) is 4.70. The van der Waals surface area contributed by atoms with Gasteiger partial charge in [-0.1, -0.05) is 39.3 Å². The fourth-order valence-corrected chi connectivity index (χ4v) is 3.26. The second-order valence-corrected chi connectivity index (χ2v) is 8.17. The number of aromatic nitrogens is 3. The summed E-state index contributed by atoms with van der Waals surface area (Å²) in [6.07, 6.45) is 4.72. The van der Waals surface area contributed by atoms with Crippen LogP contribution >= 0.6 is 11.6 Å². The molecule has 0 saturated carbocycles. The van der Waals surface area contributed by atoms with Crippen LogP contribution in [-0.2, 0) is 24.1 Å². The van der Waals surface area contributed by atoms with Crippen LogP contribution in [0, 0.1) is 5.41 Å². The van der Waals surface area contributed by atoms with Crippen molar-refractivity contribution in [1.29, 1.82) is 0 Å². The van der Waals surface area contributed by atoms with Crippen molar-refractivity contribution < 1.29 is 9.53 Å². The van der Waals surface area contributed by atoms with Crippen molar-refractivity contribution in [2.75, 3.05) is 6.61 Å². The van der Waals surface area contributed by atoms with Gasteiger partial charge in [0.25, 0.3) is 0 Å². The standard InChI is InChI=1S/C21H30ClN3O2/c1-7-14-12-15(10-11-21(4,5)6)23-13-16(14)19-17(22)18(20(26)27-9-3)24-25(19)8-2/h12-13H,7-11H2,1-6H3. The number of esters is 1. The molecule has 6 heteroatoms. The number of aryl methyl sites for hydroxylation is 3. The lowest BCUT2D eigenvalue weighted by Gasteiger charge is -2.18. The molecule has 0 aliphatic rings. The Kier molecular flexibility index (Phi) is 7.04. The van der Waals surface area contributed by atoms with Crippen LogP contribution < -0.4 is 0 Å². The van der Waals surface area contributed by atoms with Gasteiger partial charge in [-0.15, -0.1) is 0 Å². The maximum atomic E-state index is 12.2. The lowest BCUT2D eigenvalue weighted by molar-refractivity contribution is 0.0518. The number of rotatable bonds is 7. The third kappa shape index (κ3) is 5.10. The Bertz CT molecular complexity index is 806. The zero-order chi connectivity index (χ0) is 20.2. The summed E-state index contributed by atoms with van der Waals surface area (Å²) in [5.74, 6) is -0.497. The first-order valence-corrected chi connectivity index (χ1v) is 10.0. The van der Waals surface area contributed by atoms with Crippen LogP contribution in [0.3, 0.4) is 0 Å². The summed E-state index contributed by atoms with van der Waals surface area (Å²) in [6.45, 7) is 13.4. The first-order valence-electron chi connectivity index (χ1n) is 9.63. The van der Waals surface area contributed by atoms with E-state index < -0.39 is 5.97 Å². The average molecular weight is 392 g/mol. The molecule has 0 bridgehead atoms. The average Bonchev–Trinajstić information content (AvgIpc) is 2.95. The first-order chi connectivity index (χ1) is 12.7. The molecule has 0 spiro atoms. The molecule has 27 heavy (non-hydrogen) atoms. The van der Waals surface area contributed by atoms with E-state index in [2.05, 4.69) is 43.8 Å². The van der Waals surface area contributed by atoms with Gasteiger partial charge < -0.3 is 4.74 Å². The molecule has 0 unspecified atom stereocenters. The van der Waals surface area contributed by atoms with Gasteiger partial charge in [-0.25, -0.2) is 4.79 Å². The van der Waals surface area contributed by atoms with Gasteiger partial charge in [-0.05, 0) is 50.2 Å². The number of hydrogen-bond donors (Lipinski definition) is 0. The summed E-state index contributed by atoms with van der Waals surface area (Å²) in [7, 11) is 0. The van der Waals surface area contributed by atoms with Gasteiger partial charge in [-0.3, -0.25) is 9.67 Å². The van der Waals surface area contributed by atoms with E-state index in [9.17, 15) is 4.79 Å². The van der Waals surface area contributed by atoms with Gasteiger partial charge in [0.05, 0.1) is 12.3 Å². The van der Waals surface area contributed by atoms with E-state index in [1.165, 1.54) is 0 Å². The van der Waals surface area contributed by atoms with Gasteiger partial charge >= 0.3 is 5.97 Å². The molecule has 148 valence electrons. The van der Waals surface area contributed by atoms with Crippen molar-refractivity contribution in [2.24, 2.45) is 5.41 Å². The molecule has 0 amide bonds. The van der Waals surface area contributed by atoms with Crippen LogP contribution in [0.1, 0.15) is 69.7 Å². The summed E-state index contributed by atoms with van der Waals surface area (Å²) in [6, 6.07) is 2.15. The lowest BCUT2D eigenvalue weighted by atomic mass is 9.89. The van der Waals surface area contributed by atoms with Crippen molar-refractivity contribution in [2.45, 2.75) is 67.3 Å². The summed E-state index contributed by atoms with van der Waals surface area (Å²) < 4.78 is 6.83. The monoisotopic (exact) mass is 391 g/mol. The number of ether oxygens (including phenoxy) is 1. The van der Waals surface area contributed by atoms with Gasteiger partial charge in [0.15, 0.2) is 5.69 Å². The molecule has 2 heterocycles. The van der Waals surface area contributed by atoms with Crippen molar-refractivity contribution in [3.63, 3.8) is 0 Å². The number of nitrogens with zero attached hydrogens (tertiary/aromatic N) is 3. The molecule has 2 rings (SSSR count). The SMILES string of the molecule is CCOC(=O)c1nn(CC)c(-c2cnc(CCC(C)(C)C)cc2CC)c1Cl. The fraction of sp³-hybridized carbons (Fsp3) is 0.571. The Morgan fingerprint density at radius 2 is 1.96 bits per heavy atom. The van der Waals surface area contributed by atoms with Crippen LogP contribution in [0.2, 0.25) is 5.02 Å². The summed E-state index contributed by atoms with van der Waals surface area (Å²) in [4.78, 5) is 16.8. The number of carbonyl (C=O) groups is 1. The third-order valence-corrected chi connectivity index (χ3v) is 4.83. The minimum atomic E-state index is -0.497. The Balaban J connectivity index is 2.46. The molecular formula is C21H30ClN3O2. The van der Waals surface area contributed by atoms with Crippen molar-refractivity contribution >= 4 is 17.6 Å². The van der Waals surface area contributed by atoms with Crippen LogP contribution in [0.25, 0.3) is 11.3 Å². The number of halogens is 1. The largest absolute Gasteiger partial charge is 0.461 e. The zero-order valence-corrected chi connectivity index (χ0v) is 18.0. The zero-order valence-electron chi connectivity index (χ0n) is 17.2. The first kappa shape index (κ1) is 21.4. The normalized spacial score (nSPS) is 11.7.